The van der Waals surface area contributed by atoms with Crippen molar-refractivity contribution in [1.82, 2.24) is 5.32 Å². The van der Waals surface area contributed by atoms with Crippen LogP contribution in [0.15, 0.2) is 5.11 Å². The maximum absolute atomic E-state index is 12.2. The predicted octanol–water partition coefficient (Wildman–Crippen LogP) is 3.18. The summed E-state index contributed by atoms with van der Waals surface area (Å²) < 4.78 is 5.01. The molecule has 20 heavy (non-hydrogen) atoms. The van der Waals surface area contributed by atoms with E-state index in [1.165, 1.54) is 7.11 Å². The number of hydrogen-bond donors (Lipinski definition) is 1. The van der Waals surface area contributed by atoms with Gasteiger partial charge in [-0.25, -0.2) is 0 Å². The van der Waals surface area contributed by atoms with Gasteiger partial charge in [0.2, 0.25) is 0 Å². The Morgan fingerprint density at radius 2 is 2.10 bits per heavy atom. The predicted molar refractivity (Wildman–Crippen MR) is 78.2 cm³/mol. The Hall–Kier alpha value is -1.26. The van der Waals surface area contributed by atoms with Gasteiger partial charge in [0.05, 0.1) is 7.11 Å². The van der Waals surface area contributed by atoms with Crippen LogP contribution < -0.4 is 5.32 Å². The lowest BCUT2D eigenvalue weighted by molar-refractivity contribution is -0.149. The summed E-state index contributed by atoms with van der Waals surface area (Å²) in [7, 11) is 1.45. The average molecular weight is 282 g/mol. The van der Waals surface area contributed by atoms with Gasteiger partial charge in [0.1, 0.15) is 5.54 Å². The summed E-state index contributed by atoms with van der Waals surface area (Å²) in [6.45, 7) is 5.62. The number of methoxy groups -OCH3 is 1. The van der Waals surface area contributed by atoms with Crippen molar-refractivity contribution in [3.8, 4) is 0 Å². The minimum Gasteiger partial charge on any atom is -0.468 e. The zero-order chi connectivity index (χ0) is 15.1. The van der Waals surface area contributed by atoms with Crippen LogP contribution in [0.4, 0.5) is 0 Å². The Labute approximate surface area is 120 Å². The number of esters is 1. The number of nitrogens with zero attached hydrogens (tertiary/aromatic N) is 3. The third-order valence-corrected chi connectivity index (χ3v) is 4.22. The standard InChI is InChI=1S/C14H26N4O2/c1-13(2)6-4-7-14(9-8-13,12(19)20-3)16-10-5-11-17-18-15/h16H,4-11H2,1-3H3. The van der Waals surface area contributed by atoms with Gasteiger partial charge >= 0.3 is 5.97 Å². The van der Waals surface area contributed by atoms with E-state index in [0.29, 0.717) is 13.1 Å². The average Bonchev–Trinajstić information content (AvgIpc) is 2.57. The van der Waals surface area contributed by atoms with Crippen LogP contribution in [-0.4, -0.2) is 31.7 Å². The Morgan fingerprint density at radius 3 is 2.75 bits per heavy atom. The molecule has 6 heteroatoms. The van der Waals surface area contributed by atoms with Crippen LogP contribution in [0.5, 0.6) is 0 Å². The molecule has 0 amide bonds. The number of rotatable bonds is 6. The normalized spacial score (nSPS) is 25.4. The van der Waals surface area contributed by atoms with Gasteiger partial charge < -0.3 is 10.1 Å². The molecule has 1 aliphatic rings. The van der Waals surface area contributed by atoms with E-state index in [2.05, 4.69) is 29.2 Å². The first-order valence-corrected chi connectivity index (χ1v) is 7.30. The molecule has 1 atom stereocenters. The van der Waals surface area contributed by atoms with Crippen molar-refractivity contribution in [3.05, 3.63) is 10.4 Å². The molecule has 1 aliphatic carbocycles. The minimum absolute atomic E-state index is 0.168. The van der Waals surface area contributed by atoms with Gasteiger partial charge in [0.15, 0.2) is 0 Å². The molecule has 0 spiro atoms. The molecule has 0 aromatic rings. The number of azide groups is 1. The Kier molecular flexibility index (Phi) is 6.30. The van der Waals surface area contributed by atoms with Gasteiger partial charge in [0.25, 0.3) is 0 Å². The van der Waals surface area contributed by atoms with Crippen LogP contribution in [0.3, 0.4) is 0 Å². The first kappa shape index (κ1) is 16.8. The highest BCUT2D eigenvalue weighted by molar-refractivity contribution is 5.80. The number of ether oxygens (including phenoxy) is 1. The number of carbonyl (C=O) groups excluding carboxylic acids is 1. The second-order valence-electron chi connectivity index (χ2n) is 6.33. The largest absolute Gasteiger partial charge is 0.468 e. The molecule has 1 fully saturated rings. The molecule has 0 saturated heterocycles. The molecular formula is C14H26N4O2. The van der Waals surface area contributed by atoms with E-state index in [4.69, 9.17) is 10.3 Å². The van der Waals surface area contributed by atoms with E-state index in [-0.39, 0.29) is 11.4 Å². The third kappa shape index (κ3) is 4.69. The van der Waals surface area contributed by atoms with Crippen LogP contribution in [0, 0.1) is 5.41 Å². The van der Waals surface area contributed by atoms with Crippen molar-refractivity contribution >= 4 is 5.97 Å². The summed E-state index contributed by atoms with van der Waals surface area (Å²) in [5.74, 6) is -0.168. The monoisotopic (exact) mass is 282 g/mol. The molecule has 1 N–H and O–H groups in total. The van der Waals surface area contributed by atoms with Gasteiger partial charge in [-0.15, -0.1) is 0 Å². The zero-order valence-corrected chi connectivity index (χ0v) is 12.8. The Morgan fingerprint density at radius 1 is 1.35 bits per heavy atom. The fraction of sp³-hybridized carbons (Fsp3) is 0.929. The highest BCUT2D eigenvalue weighted by Gasteiger charge is 2.42. The number of nitrogens with one attached hydrogen (secondary N) is 1. The topological polar surface area (TPSA) is 87.1 Å². The van der Waals surface area contributed by atoms with E-state index >= 15 is 0 Å². The second-order valence-corrected chi connectivity index (χ2v) is 6.33. The van der Waals surface area contributed by atoms with Gasteiger partial charge in [-0.1, -0.05) is 25.4 Å². The first-order valence-electron chi connectivity index (χ1n) is 7.30. The smallest absolute Gasteiger partial charge is 0.326 e. The van der Waals surface area contributed by atoms with Gasteiger partial charge in [0, 0.05) is 11.5 Å². The molecule has 0 heterocycles. The molecule has 1 rings (SSSR count). The van der Waals surface area contributed by atoms with Crippen LogP contribution in [0.2, 0.25) is 0 Å². The molecule has 1 unspecified atom stereocenters. The summed E-state index contributed by atoms with van der Waals surface area (Å²) in [6, 6.07) is 0. The highest BCUT2D eigenvalue weighted by Crippen LogP contribution is 2.38. The molecule has 0 aromatic heterocycles. The van der Waals surface area contributed by atoms with E-state index in [1.54, 1.807) is 0 Å². The molecular weight excluding hydrogens is 256 g/mol. The van der Waals surface area contributed by atoms with E-state index in [9.17, 15) is 4.79 Å². The van der Waals surface area contributed by atoms with Crippen molar-refractivity contribution in [1.29, 1.82) is 0 Å². The maximum Gasteiger partial charge on any atom is 0.326 e. The van der Waals surface area contributed by atoms with Crippen molar-refractivity contribution in [2.24, 2.45) is 10.5 Å². The lowest BCUT2D eigenvalue weighted by Gasteiger charge is -2.31. The highest BCUT2D eigenvalue weighted by atomic mass is 16.5. The van der Waals surface area contributed by atoms with Crippen LogP contribution in [0.25, 0.3) is 10.4 Å². The minimum atomic E-state index is -0.571. The third-order valence-electron chi connectivity index (χ3n) is 4.22. The molecule has 1 saturated carbocycles. The Bertz CT molecular complexity index is 377. The van der Waals surface area contributed by atoms with Crippen molar-refractivity contribution in [2.75, 3.05) is 20.2 Å². The molecule has 6 nitrogen and oxygen atoms in total. The summed E-state index contributed by atoms with van der Waals surface area (Å²) in [5.41, 5.74) is 7.96. The fourth-order valence-electron chi connectivity index (χ4n) is 2.84. The second kappa shape index (κ2) is 7.50. The van der Waals surface area contributed by atoms with Gasteiger partial charge in [-0.05, 0) is 49.6 Å². The van der Waals surface area contributed by atoms with Crippen molar-refractivity contribution in [3.63, 3.8) is 0 Å². The van der Waals surface area contributed by atoms with Crippen molar-refractivity contribution < 1.29 is 9.53 Å². The fourth-order valence-corrected chi connectivity index (χ4v) is 2.84. The van der Waals surface area contributed by atoms with E-state index < -0.39 is 5.54 Å². The van der Waals surface area contributed by atoms with Crippen LogP contribution >= 0.6 is 0 Å². The molecule has 0 aromatic carbocycles. The zero-order valence-electron chi connectivity index (χ0n) is 12.8. The maximum atomic E-state index is 12.2. The van der Waals surface area contributed by atoms with Crippen LogP contribution in [-0.2, 0) is 9.53 Å². The van der Waals surface area contributed by atoms with Crippen molar-refractivity contribution in [2.45, 2.75) is 57.9 Å². The van der Waals surface area contributed by atoms with E-state index in [0.717, 1.165) is 38.5 Å². The summed E-state index contributed by atoms with van der Waals surface area (Å²) >= 11 is 0. The van der Waals surface area contributed by atoms with Gasteiger partial charge in [-0.3, -0.25) is 4.79 Å². The molecule has 0 aliphatic heterocycles. The summed E-state index contributed by atoms with van der Waals surface area (Å²) in [4.78, 5) is 14.9. The van der Waals surface area contributed by atoms with E-state index in [1.807, 2.05) is 0 Å². The SMILES string of the molecule is COC(=O)C1(NCCCN=[N+]=[N-])CCCC(C)(C)CC1. The van der Waals surface area contributed by atoms with Crippen LogP contribution in [0.1, 0.15) is 52.4 Å². The molecule has 0 bridgehead atoms. The summed E-state index contributed by atoms with van der Waals surface area (Å²) in [6.07, 6.45) is 5.49. The van der Waals surface area contributed by atoms with Gasteiger partial charge in [-0.2, -0.15) is 0 Å². The molecule has 0 radical (unpaired) electrons. The number of hydrogen-bond acceptors (Lipinski definition) is 4. The number of carbonyl (C=O) groups is 1. The molecule has 114 valence electrons. The first-order chi connectivity index (χ1) is 9.46. The quantitative estimate of drug-likeness (QED) is 0.203. The lowest BCUT2D eigenvalue weighted by Crippen LogP contribution is -2.53. The Balaban J connectivity index is 2.66. The lowest BCUT2D eigenvalue weighted by atomic mass is 9.83. The summed E-state index contributed by atoms with van der Waals surface area (Å²) in [5, 5.41) is 6.87.